The lowest BCUT2D eigenvalue weighted by Gasteiger charge is -2.26. The largest absolute Gasteiger partial charge is 0.493 e. The Morgan fingerprint density at radius 2 is 2.17 bits per heavy atom. The highest BCUT2D eigenvalue weighted by atomic mass is 16.5. The van der Waals surface area contributed by atoms with Gasteiger partial charge in [0, 0.05) is 6.04 Å². The molecule has 3 aromatic rings. The maximum absolute atomic E-state index is 12.4. The zero-order valence-electron chi connectivity index (χ0n) is 13.0. The normalized spacial score (nSPS) is 14.8. The number of aromatic amines is 1. The molecule has 1 aliphatic rings. The average molecular weight is 310 g/mol. The highest BCUT2D eigenvalue weighted by Crippen LogP contribution is 2.33. The van der Waals surface area contributed by atoms with E-state index in [9.17, 15) is 4.79 Å². The molecule has 1 aromatic carbocycles. The number of H-pyrrole nitrogens is 1. The van der Waals surface area contributed by atoms with Gasteiger partial charge in [0.2, 0.25) is 0 Å². The zero-order chi connectivity index (χ0) is 15.8. The molecule has 1 fully saturated rings. The van der Waals surface area contributed by atoms with Crippen LogP contribution >= 0.6 is 0 Å². The minimum Gasteiger partial charge on any atom is -0.493 e. The van der Waals surface area contributed by atoms with Gasteiger partial charge in [-0.2, -0.15) is 0 Å². The summed E-state index contributed by atoms with van der Waals surface area (Å²) in [5.74, 6) is 1.24. The summed E-state index contributed by atoms with van der Waals surface area (Å²) in [6, 6.07) is 8.00. The van der Waals surface area contributed by atoms with Crippen molar-refractivity contribution in [3.8, 4) is 17.1 Å². The van der Waals surface area contributed by atoms with Gasteiger partial charge in [0.05, 0.1) is 18.5 Å². The number of para-hydroxylation sites is 1. The van der Waals surface area contributed by atoms with E-state index in [4.69, 9.17) is 4.74 Å². The first-order valence-electron chi connectivity index (χ1n) is 7.97. The molecular formula is C17H18N4O2. The number of rotatable bonds is 4. The Kier molecular flexibility index (Phi) is 3.37. The van der Waals surface area contributed by atoms with Crippen LogP contribution in [0.2, 0.25) is 0 Å². The van der Waals surface area contributed by atoms with E-state index >= 15 is 0 Å². The van der Waals surface area contributed by atoms with Crippen LogP contribution in [0.4, 0.5) is 0 Å². The van der Waals surface area contributed by atoms with E-state index in [1.165, 1.54) is 6.42 Å². The highest BCUT2D eigenvalue weighted by molar-refractivity contribution is 5.74. The third kappa shape index (κ3) is 2.30. The van der Waals surface area contributed by atoms with Crippen LogP contribution in [0.1, 0.15) is 32.2 Å². The van der Waals surface area contributed by atoms with Crippen LogP contribution in [0, 0.1) is 0 Å². The minimum atomic E-state index is -0.214. The fraction of sp³-hybridized carbons (Fsp3) is 0.353. The van der Waals surface area contributed by atoms with E-state index in [1.807, 2.05) is 35.8 Å². The third-order valence-electron chi connectivity index (χ3n) is 4.34. The predicted octanol–water partition coefficient (Wildman–Crippen LogP) is 2.91. The summed E-state index contributed by atoms with van der Waals surface area (Å²) in [7, 11) is 0. The number of benzene rings is 1. The van der Waals surface area contributed by atoms with E-state index in [0.717, 1.165) is 18.4 Å². The Morgan fingerprint density at radius 3 is 2.91 bits per heavy atom. The molecular weight excluding hydrogens is 292 g/mol. The highest BCUT2D eigenvalue weighted by Gasteiger charge is 2.23. The Hall–Kier alpha value is -2.63. The zero-order valence-corrected chi connectivity index (χ0v) is 13.0. The van der Waals surface area contributed by atoms with Gasteiger partial charge in [-0.05, 0) is 38.3 Å². The van der Waals surface area contributed by atoms with Crippen molar-refractivity contribution in [2.75, 3.05) is 6.61 Å². The van der Waals surface area contributed by atoms with Crippen LogP contribution in [-0.2, 0) is 0 Å². The quantitative estimate of drug-likeness (QED) is 0.804. The van der Waals surface area contributed by atoms with E-state index in [2.05, 4.69) is 15.0 Å². The molecule has 0 atom stereocenters. The molecule has 4 rings (SSSR count). The van der Waals surface area contributed by atoms with Crippen LogP contribution in [-0.4, -0.2) is 26.1 Å². The van der Waals surface area contributed by atoms with Gasteiger partial charge >= 0.3 is 0 Å². The number of hydrogen-bond acceptors (Lipinski definition) is 4. The van der Waals surface area contributed by atoms with Crippen LogP contribution in [0.3, 0.4) is 0 Å². The number of nitrogens with one attached hydrogen (secondary N) is 1. The molecule has 6 heteroatoms. The van der Waals surface area contributed by atoms with E-state index in [-0.39, 0.29) is 5.56 Å². The van der Waals surface area contributed by atoms with E-state index < -0.39 is 0 Å². The molecule has 2 aromatic heterocycles. The van der Waals surface area contributed by atoms with Gasteiger partial charge in [0.1, 0.15) is 11.6 Å². The molecule has 0 spiro atoms. The Labute approximate surface area is 133 Å². The van der Waals surface area contributed by atoms with Crippen LogP contribution in [0.15, 0.2) is 35.4 Å². The van der Waals surface area contributed by atoms with Gasteiger partial charge in [-0.25, -0.2) is 9.97 Å². The van der Waals surface area contributed by atoms with E-state index in [0.29, 0.717) is 35.4 Å². The minimum absolute atomic E-state index is 0.214. The first-order valence-corrected chi connectivity index (χ1v) is 7.97. The Morgan fingerprint density at radius 1 is 1.35 bits per heavy atom. The second-order valence-corrected chi connectivity index (χ2v) is 5.75. The Bertz CT molecular complexity index is 908. The van der Waals surface area contributed by atoms with Gasteiger partial charge in [0.25, 0.3) is 5.56 Å². The van der Waals surface area contributed by atoms with Gasteiger partial charge in [-0.1, -0.05) is 12.1 Å². The molecule has 0 unspecified atom stereocenters. The van der Waals surface area contributed by atoms with Gasteiger partial charge in [0.15, 0.2) is 11.2 Å². The number of imidazole rings is 1. The smallest absolute Gasteiger partial charge is 0.279 e. The summed E-state index contributed by atoms with van der Waals surface area (Å²) in [5.41, 5.74) is 1.62. The first kappa shape index (κ1) is 14.0. The van der Waals surface area contributed by atoms with Crippen molar-refractivity contribution in [1.29, 1.82) is 0 Å². The molecule has 0 bridgehead atoms. The molecule has 23 heavy (non-hydrogen) atoms. The lowest BCUT2D eigenvalue weighted by Crippen LogP contribution is -2.18. The van der Waals surface area contributed by atoms with Crippen molar-refractivity contribution in [3.63, 3.8) is 0 Å². The standard InChI is InChI=1S/C17H18N4O2/c1-2-23-13-9-4-3-8-12(13)15-19-16-14(17(22)20-15)18-10-21(16)11-6-5-7-11/h3-4,8-11H,2,5-7H2,1H3,(H,19,20,22). The van der Waals surface area contributed by atoms with Gasteiger partial charge in [-0.3, -0.25) is 4.79 Å². The molecule has 0 aliphatic heterocycles. The molecule has 1 aliphatic carbocycles. The SMILES string of the molecule is CCOc1ccccc1-c1nc2c(ncn2C2CCC2)c(=O)[nH]1. The van der Waals surface area contributed by atoms with Crippen molar-refractivity contribution in [1.82, 2.24) is 19.5 Å². The summed E-state index contributed by atoms with van der Waals surface area (Å²) in [6.45, 7) is 2.49. The third-order valence-corrected chi connectivity index (χ3v) is 4.34. The topological polar surface area (TPSA) is 72.8 Å². The predicted molar refractivity (Wildman–Crippen MR) is 87.6 cm³/mol. The maximum atomic E-state index is 12.4. The Balaban J connectivity index is 1.89. The van der Waals surface area contributed by atoms with E-state index in [1.54, 1.807) is 6.33 Å². The van der Waals surface area contributed by atoms with Crippen molar-refractivity contribution in [3.05, 3.63) is 40.9 Å². The van der Waals surface area contributed by atoms with Crippen molar-refractivity contribution >= 4 is 11.2 Å². The van der Waals surface area contributed by atoms with Crippen LogP contribution < -0.4 is 10.3 Å². The summed E-state index contributed by atoms with van der Waals surface area (Å²) in [4.78, 5) is 24.1. The fourth-order valence-electron chi connectivity index (χ4n) is 2.93. The lowest BCUT2D eigenvalue weighted by molar-refractivity contribution is 0.319. The molecule has 0 saturated heterocycles. The number of ether oxygens (including phenoxy) is 1. The summed E-state index contributed by atoms with van der Waals surface area (Å²) in [5, 5.41) is 0. The lowest BCUT2D eigenvalue weighted by atomic mass is 9.93. The number of hydrogen-bond donors (Lipinski definition) is 1. The molecule has 1 N–H and O–H groups in total. The van der Waals surface area contributed by atoms with Gasteiger partial charge < -0.3 is 14.3 Å². The monoisotopic (exact) mass is 310 g/mol. The van der Waals surface area contributed by atoms with Crippen molar-refractivity contribution in [2.24, 2.45) is 0 Å². The number of aromatic nitrogens is 4. The number of nitrogens with zero attached hydrogens (tertiary/aromatic N) is 3. The maximum Gasteiger partial charge on any atom is 0.279 e. The number of fused-ring (bicyclic) bond motifs is 1. The second-order valence-electron chi connectivity index (χ2n) is 5.75. The van der Waals surface area contributed by atoms with Crippen molar-refractivity contribution in [2.45, 2.75) is 32.2 Å². The average Bonchev–Trinajstić information content (AvgIpc) is 2.91. The molecule has 0 radical (unpaired) electrons. The summed E-state index contributed by atoms with van der Waals surface area (Å²) >= 11 is 0. The second kappa shape index (κ2) is 5.53. The molecule has 1 saturated carbocycles. The molecule has 6 nitrogen and oxygen atoms in total. The van der Waals surface area contributed by atoms with Crippen molar-refractivity contribution < 1.29 is 4.74 Å². The van der Waals surface area contributed by atoms with Crippen LogP contribution in [0.25, 0.3) is 22.6 Å². The first-order chi connectivity index (χ1) is 11.3. The summed E-state index contributed by atoms with van der Waals surface area (Å²) in [6.07, 6.45) is 5.18. The van der Waals surface area contributed by atoms with Gasteiger partial charge in [-0.15, -0.1) is 0 Å². The molecule has 0 amide bonds. The van der Waals surface area contributed by atoms with Crippen LogP contribution in [0.5, 0.6) is 5.75 Å². The molecule has 118 valence electrons. The molecule has 2 heterocycles. The summed E-state index contributed by atoms with van der Waals surface area (Å²) < 4.78 is 7.68. The fourth-order valence-corrected chi connectivity index (χ4v) is 2.93.